The van der Waals surface area contributed by atoms with E-state index in [1.54, 1.807) is 0 Å². The van der Waals surface area contributed by atoms with E-state index in [1.807, 2.05) is 0 Å². The smallest absolute Gasteiger partial charge is 0.147 e. The molecule has 14 heavy (non-hydrogen) atoms. The first-order valence-electron chi connectivity index (χ1n) is 4.93. The van der Waals surface area contributed by atoms with E-state index in [2.05, 4.69) is 0 Å². The van der Waals surface area contributed by atoms with Crippen LogP contribution in [-0.2, 0) is 9.84 Å². The Hall–Kier alpha value is -0.160. The van der Waals surface area contributed by atoms with Gasteiger partial charge in [-0.25, -0.2) is 12.8 Å². The van der Waals surface area contributed by atoms with Crippen molar-refractivity contribution in [3.63, 3.8) is 0 Å². The molecule has 0 atom stereocenters. The number of alkyl halides is 1. The van der Waals surface area contributed by atoms with Crippen LogP contribution in [0.4, 0.5) is 4.39 Å². The fourth-order valence-electron chi connectivity index (χ4n) is 1.78. The summed E-state index contributed by atoms with van der Waals surface area (Å²) in [7, 11) is -3.05. The van der Waals surface area contributed by atoms with Gasteiger partial charge in [0.05, 0.1) is 5.75 Å². The summed E-state index contributed by atoms with van der Waals surface area (Å²) in [4.78, 5) is 0. The predicted octanol–water partition coefficient (Wildman–Crippen LogP) is 1.03. The molecule has 1 fully saturated rings. The molecule has 0 unspecified atom stereocenters. The highest BCUT2D eigenvalue weighted by Gasteiger charge is 2.34. The summed E-state index contributed by atoms with van der Waals surface area (Å²) in [6.07, 6.45) is 3.41. The molecule has 0 aromatic rings. The molecule has 2 N–H and O–H groups in total. The molecule has 5 heteroatoms. The Kier molecular flexibility index (Phi) is 3.53. The molecule has 1 aliphatic rings. The van der Waals surface area contributed by atoms with Crippen molar-refractivity contribution in [1.29, 1.82) is 0 Å². The lowest BCUT2D eigenvalue weighted by Crippen LogP contribution is -2.36. The van der Waals surface area contributed by atoms with Crippen LogP contribution < -0.4 is 5.73 Å². The first-order valence-corrected chi connectivity index (χ1v) is 6.99. The predicted molar refractivity (Wildman–Crippen MR) is 54.6 cm³/mol. The second-order valence-electron chi connectivity index (χ2n) is 4.37. The summed E-state index contributed by atoms with van der Waals surface area (Å²) in [6, 6.07) is 0.0945. The van der Waals surface area contributed by atoms with E-state index in [4.69, 9.17) is 5.73 Å². The standard InChI is InChI=1S/C9H18FNO2S/c1-14(12,13)7-6-9(10)4-2-8(11)3-5-9/h8H,2-7,11H2,1H3. The third-order valence-electron chi connectivity index (χ3n) is 2.85. The molecule has 0 saturated heterocycles. The van der Waals surface area contributed by atoms with Crippen LogP contribution in [0, 0.1) is 0 Å². The Labute approximate surface area is 84.8 Å². The highest BCUT2D eigenvalue weighted by molar-refractivity contribution is 7.90. The molecule has 0 heterocycles. The molecule has 0 bridgehead atoms. The van der Waals surface area contributed by atoms with Crippen LogP contribution >= 0.6 is 0 Å². The van der Waals surface area contributed by atoms with Crippen LogP contribution in [0.2, 0.25) is 0 Å². The van der Waals surface area contributed by atoms with Crippen molar-refractivity contribution < 1.29 is 12.8 Å². The number of sulfone groups is 1. The Bertz CT molecular complexity index is 281. The zero-order valence-electron chi connectivity index (χ0n) is 8.50. The van der Waals surface area contributed by atoms with E-state index in [9.17, 15) is 12.8 Å². The van der Waals surface area contributed by atoms with Crippen LogP contribution in [0.3, 0.4) is 0 Å². The van der Waals surface area contributed by atoms with Crippen molar-refractivity contribution >= 4 is 9.84 Å². The lowest BCUT2D eigenvalue weighted by Gasteiger charge is -2.32. The van der Waals surface area contributed by atoms with Gasteiger partial charge in [0, 0.05) is 12.3 Å². The number of hydrogen-bond acceptors (Lipinski definition) is 3. The van der Waals surface area contributed by atoms with Crippen molar-refractivity contribution in [1.82, 2.24) is 0 Å². The third kappa shape index (κ3) is 3.92. The number of hydrogen-bond donors (Lipinski definition) is 1. The van der Waals surface area contributed by atoms with Gasteiger partial charge >= 0.3 is 0 Å². The van der Waals surface area contributed by atoms with Crippen LogP contribution in [0.15, 0.2) is 0 Å². The van der Waals surface area contributed by atoms with E-state index in [1.165, 1.54) is 0 Å². The van der Waals surface area contributed by atoms with Gasteiger partial charge in [0.2, 0.25) is 0 Å². The molecule has 0 spiro atoms. The van der Waals surface area contributed by atoms with Gasteiger partial charge in [-0.2, -0.15) is 0 Å². The molecular formula is C9H18FNO2S. The first-order chi connectivity index (χ1) is 6.31. The van der Waals surface area contributed by atoms with Gasteiger partial charge in [0.25, 0.3) is 0 Å². The third-order valence-corrected chi connectivity index (χ3v) is 3.79. The molecule has 3 nitrogen and oxygen atoms in total. The van der Waals surface area contributed by atoms with Crippen LogP contribution in [0.1, 0.15) is 32.1 Å². The van der Waals surface area contributed by atoms with Crippen molar-refractivity contribution in [3.8, 4) is 0 Å². The topological polar surface area (TPSA) is 60.2 Å². The first kappa shape index (κ1) is 11.9. The zero-order chi connectivity index (χ0) is 10.8. The molecule has 0 radical (unpaired) electrons. The summed E-state index contributed by atoms with van der Waals surface area (Å²) < 4.78 is 35.7. The Balaban J connectivity index is 2.43. The minimum absolute atomic E-state index is 0.0568. The molecule has 0 aromatic heterocycles. The highest BCUT2D eigenvalue weighted by atomic mass is 32.2. The average molecular weight is 223 g/mol. The molecule has 1 rings (SSSR count). The van der Waals surface area contributed by atoms with Crippen LogP contribution in [0.5, 0.6) is 0 Å². The second kappa shape index (κ2) is 4.14. The van der Waals surface area contributed by atoms with Gasteiger partial charge in [-0.05, 0) is 32.1 Å². The fraction of sp³-hybridized carbons (Fsp3) is 1.00. The van der Waals surface area contributed by atoms with E-state index in [-0.39, 0.29) is 18.2 Å². The monoisotopic (exact) mass is 223 g/mol. The lowest BCUT2D eigenvalue weighted by molar-refractivity contribution is 0.0956. The van der Waals surface area contributed by atoms with E-state index in [0.29, 0.717) is 25.7 Å². The van der Waals surface area contributed by atoms with Crippen LogP contribution in [-0.4, -0.2) is 32.1 Å². The van der Waals surface area contributed by atoms with Gasteiger partial charge in [0.15, 0.2) is 0 Å². The van der Waals surface area contributed by atoms with E-state index in [0.717, 1.165) is 6.26 Å². The maximum atomic E-state index is 14.0. The molecular weight excluding hydrogens is 205 g/mol. The maximum absolute atomic E-state index is 14.0. The maximum Gasteiger partial charge on any atom is 0.147 e. The van der Waals surface area contributed by atoms with Gasteiger partial charge < -0.3 is 5.73 Å². The quantitative estimate of drug-likeness (QED) is 0.777. The average Bonchev–Trinajstić information content (AvgIpc) is 2.07. The summed E-state index contributed by atoms with van der Waals surface area (Å²) in [5, 5.41) is 0. The molecule has 0 aliphatic heterocycles. The number of rotatable bonds is 3. The summed E-state index contributed by atoms with van der Waals surface area (Å²) >= 11 is 0. The van der Waals surface area contributed by atoms with Crippen molar-refractivity contribution in [2.45, 2.75) is 43.8 Å². The largest absolute Gasteiger partial charge is 0.328 e. The Morgan fingerprint density at radius 3 is 2.36 bits per heavy atom. The van der Waals surface area contributed by atoms with Gasteiger partial charge in [-0.15, -0.1) is 0 Å². The zero-order valence-corrected chi connectivity index (χ0v) is 9.32. The molecule has 1 aliphatic carbocycles. The normalized spacial score (nSPS) is 34.4. The minimum atomic E-state index is -3.05. The second-order valence-corrected chi connectivity index (χ2v) is 6.63. The van der Waals surface area contributed by atoms with Crippen LogP contribution in [0.25, 0.3) is 0 Å². The lowest BCUT2D eigenvalue weighted by atomic mass is 9.82. The van der Waals surface area contributed by atoms with Gasteiger partial charge in [-0.3, -0.25) is 0 Å². The summed E-state index contributed by atoms with van der Waals surface area (Å²) in [6.45, 7) is 0. The highest BCUT2D eigenvalue weighted by Crippen LogP contribution is 2.34. The van der Waals surface area contributed by atoms with Gasteiger partial charge in [0.1, 0.15) is 15.5 Å². The van der Waals surface area contributed by atoms with Gasteiger partial charge in [-0.1, -0.05) is 0 Å². The van der Waals surface area contributed by atoms with Crippen molar-refractivity contribution in [2.75, 3.05) is 12.0 Å². The summed E-state index contributed by atoms with van der Waals surface area (Å²) in [5.74, 6) is -0.0568. The Morgan fingerprint density at radius 2 is 1.93 bits per heavy atom. The van der Waals surface area contributed by atoms with Crippen molar-refractivity contribution in [2.24, 2.45) is 5.73 Å². The van der Waals surface area contributed by atoms with E-state index >= 15 is 0 Å². The molecule has 1 saturated carbocycles. The van der Waals surface area contributed by atoms with Crippen molar-refractivity contribution in [3.05, 3.63) is 0 Å². The number of halogens is 1. The minimum Gasteiger partial charge on any atom is -0.328 e. The molecule has 0 amide bonds. The van der Waals surface area contributed by atoms with E-state index < -0.39 is 15.5 Å². The molecule has 0 aromatic carbocycles. The molecule has 84 valence electrons. The fourth-order valence-corrected chi connectivity index (χ4v) is 2.51. The Morgan fingerprint density at radius 1 is 1.43 bits per heavy atom. The number of nitrogens with two attached hydrogens (primary N) is 1. The summed E-state index contributed by atoms with van der Waals surface area (Å²) in [5.41, 5.74) is 4.36. The SMILES string of the molecule is CS(=O)(=O)CCC1(F)CCC(N)CC1.